The second kappa shape index (κ2) is 7.38. The molecule has 1 aliphatic heterocycles. The van der Waals surface area contributed by atoms with E-state index in [-0.39, 0.29) is 0 Å². The third-order valence-corrected chi connectivity index (χ3v) is 5.82. The zero-order valence-corrected chi connectivity index (χ0v) is 17.3. The van der Waals surface area contributed by atoms with Gasteiger partial charge < -0.3 is 9.80 Å². The van der Waals surface area contributed by atoms with E-state index in [0.29, 0.717) is 5.92 Å². The lowest BCUT2D eigenvalue weighted by molar-refractivity contribution is 0.638. The lowest BCUT2D eigenvalue weighted by Crippen LogP contribution is -2.47. The Bertz CT molecular complexity index is 943. The maximum absolute atomic E-state index is 4.85. The Balaban J connectivity index is 1.60. The Morgan fingerprint density at radius 1 is 1.00 bits per heavy atom. The van der Waals surface area contributed by atoms with Crippen molar-refractivity contribution in [2.24, 2.45) is 5.92 Å². The first kappa shape index (κ1) is 18.1. The monoisotopic (exact) mass is 382 g/mol. The fraction of sp³-hybridized carbons (Fsp3) is 0.500. The van der Waals surface area contributed by atoms with Crippen molar-refractivity contribution in [3.8, 4) is 0 Å². The van der Waals surface area contributed by atoms with Crippen LogP contribution >= 0.6 is 11.3 Å². The first-order valence-corrected chi connectivity index (χ1v) is 10.4. The number of aromatic nitrogens is 4. The SMILES string of the molecule is Cc1nccc(N2CCN(c3nc(C)nc4scc(CC(C)C)c34)CC2)n1. The van der Waals surface area contributed by atoms with Gasteiger partial charge in [-0.2, -0.15) is 0 Å². The van der Waals surface area contributed by atoms with Crippen LogP contribution in [0, 0.1) is 19.8 Å². The van der Waals surface area contributed by atoms with Crippen LogP contribution < -0.4 is 9.80 Å². The van der Waals surface area contributed by atoms with Gasteiger partial charge in [0.25, 0.3) is 0 Å². The maximum Gasteiger partial charge on any atom is 0.141 e. The average Bonchev–Trinajstić information content (AvgIpc) is 3.03. The van der Waals surface area contributed by atoms with Gasteiger partial charge in [0.05, 0.1) is 5.39 Å². The molecule has 0 bridgehead atoms. The minimum absolute atomic E-state index is 0.620. The van der Waals surface area contributed by atoms with Crippen LogP contribution in [0.15, 0.2) is 17.6 Å². The highest BCUT2D eigenvalue weighted by Crippen LogP contribution is 2.34. The van der Waals surface area contributed by atoms with Crippen LogP contribution in [-0.2, 0) is 6.42 Å². The van der Waals surface area contributed by atoms with Crippen LogP contribution in [0.1, 0.15) is 31.1 Å². The van der Waals surface area contributed by atoms with Crippen LogP contribution in [-0.4, -0.2) is 46.1 Å². The van der Waals surface area contributed by atoms with Crippen molar-refractivity contribution in [2.45, 2.75) is 34.1 Å². The van der Waals surface area contributed by atoms with Gasteiger partial charge in [-0.25, -0.2) is 19.9 Å². The molecule has 0 aromatic carbocycles. The van der Waals surface area contributed by atoms with Crippen LogP contribution in [0.2, 0.25) is 0 Å². The lowest BCUT2D eigenvalue weighted by Gasteiger charge is -2.36. The molecule has 142 valence electrons. The molecule has 1 saturated heterocycles. The van der Waals surface area contributed by atoms with E-state index < -0.39 is 0 Å². The zero-order chi connectivity index (χ0) is 19.0. The summed E-state index contributed by atoms with van der Waals surface area (Å²) in [6.45, 7) is 12.2. The van der Waals surface area contributed by atoms with Gasteiger partial charge in [-0.1, -0.05) is 13.8 Å². The summed E-state index contributed by atoms with van der Waals surface area (Å²) in [6.07, 6.45) is 2.91. The zero-order valence-electron chi connectivity index (χ0n) is 16.4. The predicted octanol–water partition coefficient (Wildman–Crippen LogP) is 3.62. The summed E-state index contributed by atoms with van der Waals surface area (Å²) in [7, 11) is 0. The van der Waals surface area contributed by atoms with Crippen molar-refractivity contribution < 1.29 is 0 Å². The number of hydrogen-bond donors (Lipinski definition) is 0. The molecule has 3 aromatic heterocycles. The number of nitrogens with zero attached hydrogens (tertiary/aromatic N) is 6. The number of thiophene rings is 1. The van der Waals surface area contributed by atoms with Crippen LogP contribution in [0.25, 0.3) is 10.2 Å². The summed E-state index contributed by atoms with van der Waals surface area (Å²) in [6, 6.07) is 2.00. The van der Waals surface area contributed by atoms with E-state index in [9.17, 15) is 0 Å². The summed E-state index contributed by atoms with van der Waals surface area (Å²) in [5.74, 6) is 4.41. The fourth-order valence-electron chi connectivity index (χ4n) is 3.67. The number of anilines is 2. The minimum atomic E-state index is 0.620. The van der Waals surface area contributed by atoms with E-state index in [1.807, 2.05) is 26.1 Å². The number of aryl methyl sites for hydroxylation is 2. The number of hydrogen-bond acceptors (Lipinski definition) is 7. The van der Waals surface area contributed by atoms with Crippen molar-refractivity contribution in [2.75, 3.05) is 36.0 Å². The molecule has 3 aromatic rings. The normalized spacial score (nSPS) is 15.1. The summed E-state index contributed by atoms with van der Waals surface area (Å²) >= 11 is 1.74. The molecule has 0 unspecified atom stereocenters. The molecule has 27 heavy (non-hydrogen) atoms. The van der Waals surface area contributed by atoms with E-state index in [1.165, 1.54) is 10.9 Å². The second-order valence-electron chi connectivity index (χ2n) is 7.57. The van der Waals surface area contributed by atoms with Crippen molar-refractivity contribution in [1.29, 1.82) is 0 Å². The molecule has 6 nitrogen and oxygen atoms in total. The topological polar surface area (TPSA) is 58.0 Å². The fourth-order valence-corrected chi connectivity index (χ4v) is 4.66. The quantitative estimate of drug-likeness (QED) is 0.687. The molecular formula is C20H26N6S. The van der Waals surface area contributed by atoms with E-state index in [0.717, 1.165) is 60.7 Å². The number of fused-ring (bicyclic) bond motifs is 1. The van der Waals surface area contributed by atoms with Gasteiger partial charge in [0.2, 0.25) is 0 Å². The van der Waals surface area contributed by atoms with Gasteiger partial charge >= 0.3 is 0 Å². The average molecular weight is 383 g/mol. The van der Waals surface area contributed by atoms with Gasteiger partial charge in [0, 0.05) is 32.4 Å². The van der Waals surface area contributed by atoms with Gasteiger partial charge in [-0.05, 0) is 43.2 Å². The lowest BCUT2D eigenvalue weighted by atomic mass is 10.0. The third kappa shape index (κ3) is 3.74. The van der Waals surface area contributed by atoms with Crippen molar-refractivity contribution in [3.05, 3.63) is 34.9 Å². The van der Waals surface area contributed by atoms with E-state index in [1.54, 1.807) is 11.3 Å². The summed E-state index contributed by atoms with van der Waals surface area (Å²) in [5, 5.41) is 3.52. The van der Waals surface area contributed by atoms with E-state index in [2.05, 4.69) is 44.0 Å². The van der Waals surface area contributed by atoms with Crippen molar-refractivity contribution in [3.63, 3.8) is 0 Å². The largest absolute Gasteiger partial charge is 0.353 e. The Morgan fingerprint density at radius 3 is 2.44 bits per heavy atom. The van der Waals surface area contributed by atoms with Gasteiger partial charge in [-0.3, -0.25) is 0 Å². The van der Waals surface area contributed by atoms with Crippen molar-refractivity contribution >= 4 is 33.2 Å². The number of piperazine rings is 1. The summed E-state index contributed by atoms with van der Waals surface area (Å²) < 4.78 is 0. The molecule has 1 aliphatic rings. The highest BCUT2D eigenvalue weighted by Gasteiger charge is 2.23. The minimum Gasteiger partial charge on any atom is -0.353 e. The Kier molecular flexibility index (Phi) is 4.95. The third-order valence-electron chi connectivity index (χ3n) is 4.90. The first-order valence-electron chi connectivity index (χ1n) is 9.55. The Labute approximate surface area is 164 Å². The molecule has 1 fully saturated rings. The predicted molar refractivity (Wildman–Crippen MR) is 112 cm³/mol. The van der Waals surface area contributed by atoms with Gasteiger partial charge in [0.15, 0.2) is 0 Å². The molecular weight excluding hydrogens is 356 g/mol. The molecule has 7 heteroatoms. The molecule has 0 N–H and O–H groups in total. The first-order chi connectivity index (χ1) is 13.0. The second-order valence-corrected chi connectivity index (χ2v) is 8.43. The molecule has 0 amide bonds. The summed E-state index contributed by atoms with van der Waals surface area (Å²) in [5.41, 5.74) is 1.38. The van der Waals surface area contributed by atoms with Gasteiger partial charge in [0.1, 0.15) is 28.1 Å². The van der Waals surface area contributed by atoms with Crippen LogP contribution in [0.4, 0.5) is 11.6 Å². The molecule has 4 rings (SSSR count). The van der Waals surface area contributed by atoms with Crippen LogP contribution in [0.5, 0.6) is 0 Å². The molecule has 4 heterocycles. The molecule has 0 atom stereocenters. The molecule has 0 spiro atoms. The molecule has 0 radical (unpaired) electrons. The Hall–Kier alpha value is -2.28. The highest BCUT2D eigenvalue weighted by molar-refractivity contribution is 7.17. The van der Waals surface area contributed by atoms with Gasteiger partial charge in [-0.15, -0.1) is 11.3 Å². The van der Waals surface area contributed by atoms with Crippen LogP contribution in [0.3, 0.4) is 0 Å². The Morgan fingerprint density at radius 2 is 1.74 bits per heavy atom. The summed E-state index contributed by atoms with van der Waals surface area (Å²) in [4.78, 5) is 24.2. The maximum atomic E-state index is 4.85. The molecule has 0 aliphatic carbocycles. The van der Waals surface area contributed by atoms with E-state index >= 15 is 0 Å². The number of rotatable bonds is 4. The van der Waals surface area contributed by atoms with E-state index in [4.69, 9.17) is 4.98 Å². The smallest absolute Gasteiger partial charge is 0.141 e. The standard InChI is InChI=1S/C20H26N6S/c1-13(2)11-16-12-27-20-18(16)19(23-15(4)24-20)26-9-7-25(8-10-26)17-5-6-21-14(3)22-17/h5-6,12-13H,7-11H2,1-4H3. The van der Waals surface area contributed by atoms with Crippen molar-refractivity contribution in [1.82, 2.24) is 19.9 Å². The molecule has 0 saturated carbocycles. The highest BCUT2D eigenvalue weighted by atomic mass is 32.1.